The van der Waals surface area contributed by atoms with Gasteiger partial charge in [-0.15, -0.1) is 0 Å². The monoisotopic (exact) mass is 359 g/mol. The zero-order valence-corrected chi connectivity index (χ0v) is 16.5. The van der Waals surface area contributed by atoms with E-state index in [0.29, 0.717) is 18.6 Å². The zero-order valence-electron chi connectivity index (χ0n) is 16.5. The maximum absolute atomic E-state index is 11.4. The van der Waals surface area contributed by atoms with Crippen LogP contribution in [0.15, 0.2) is 18.2 Å². The number of ether oxygens (including phenoxy) is 1. The smallest absolute Gasteiger partial charge is 0.319 e. The van der Waals surface area contributed by atoms with Crippen molar-refractivity contribution in [1.82, 2.24) is 10.2 Å². The van der Waals surface area contributed by atoms with Gasteiger partial charge in [-0.3, -0.25) is 9.69 Å². The van der Waals surface area contributed by atoms with Crippen molar-refractivity contribution in [3.63, 3.8) is 0 Å². The summed E-state index contributed by atoms with van der Waals surface area (Å²) >= 11 is 0. The molecule has 0 aromatic heterocycles. The number of rotatable bonds is 5. The molecule has 0 radical (unpaired) electrons. The number of anilines is 1. The molecule has 26 heavy (non-hydrogen) atoms. The zero-order chi connectivity index (χ0) is 18.5. The molecule has 2 aliphatic rings. The first-order valence-corrected chi connectivity index (χ1v) is 9.93. The van der Waals surface area contributed by atoms with E-state index >= 15 is 0 Å². The molecule has 1 aromatic carbocycles. The summed E-state index contributed by atoms with van der Waals surface area (Å²) in [6.07, 6.45) is 4.65. The molecule has 0 atom stereocenters. The highest BCUT2D eigenvalue weighted by Gasteiger charge is 2.26. The molecule has 0 spiro atoms. The Kier molecular flexibility index (Phi) is 6.54. The second-order valence-corrected chi connectivity index (χ2v) is 7.77. The van der Waals surface area contributed by atoms with Gasteiger partial charge >= 0.3 is 5.97 Å². The van der Waals surface area contributed by atoms with Gasteiger partial charge < -0.3 is 15.0 Å². The summed E-state index contributed by atoms with van der Waals surface area (Å²) in [4.78, 5) is 16.1. The molecular formula is C21H33N3O2. The van der Waals surface area contributed by atoms with Crippen molar-refractivity contribution in [2.24, 2.45) is 0 Å². The normalized spacial score (nSPS) is 20.3. The molecule has 0 aliphatic carbocycles. The number of piperidine rings is 2. The number of carbonyl (C=O) groups is 1. The van der Waals surface area contributed by atoms with Crippen LogP contribution in [0.1, 0.15) is 36.8 Å². The van der Waals surface area contributed by atoms with Crippen LogP contribution in [-0.4, -0.2) is 62.8 Å². The second kappa shape index (κ2) is 8.87. The van der Waals surface area contributed by atoms with Crippen LogP contribution in [-0.2, 0) is 9.53 Å². The SMILES string of the molecule is COC(=O)CN1CCC(NC2CCN(c3cccc(C)c3C)CC2)CC1. The number of aryl methyl sites for hydroxylation is 1. The Morgan fingerprint density at radius 1 is 1.08 bits per heavy atom. The summed E-state index contributed by atoms with van der Waals surface area (Å²) in [5, 5.41) is 3.87. The molecule has 0 saturated carbocycles. The Labute approximate surface area is 157 Å². The van der Waals surface area contributed by atoms with Gasteiger partial charge in [-0.2, -0.15) is 0 Å². The molecule has 2 heterocycles. The number of benzene rings is 1. The van der Waals surface area contributed by atoms with E-state index in [2.05, 4.69) is 47.2 Å². The first kappa shape index (κ1) is 19.2. The molecule has 144 valence electrons. The molecule has 0 bridgehead atoms. The third kappa shape index (κ3) is 4.77. The van der Waals surface area contributed by atoms with E-state index in [1.165, 1.54) is 36.8 Å². The number of nitrogens with one attached hydrogen (secondary N) is 1. The average molecular weight is 360 g/mol. The van der Waals surface area contributed by atoms with Gasteiger partial charge in [-0.05, 0) is 56.7 Å². The average Bonchev–Trinajstić information content (AvgIpc) is 2.66. The van der Waals surface area contributed by atoms with Gasteiger partial charge in [0.25, 0.3) is 0 Å². The summed E-state index contributed by atoms with van der Waals surface area (Å²) in [6, 6.07) is 7.83. The van der Waals surface area contributed by atoms with Gasteiger partial charge in [0.2, 0.25) is 0 Å². The third-order valence-corrected chi connectivity index (χ3v) is 6.05. The number of esters is 1. The van der Waals surface area contributed by atoms with Crippen LogP contribution in [0.2, 0.25) is 0 Å². The molecular weight excluding hydrogens is 326 g/mol. The van der Waals surface area contributed by atoms with Crippen molar-refractivity contribution >= 4 is 11.7 Å². The van der Waals surface area contributed by atoms with Crippen LogP contribution in [0, 0.1) is 13.8 Å². The summed E-state index contributed by atoms with van der Waals surface area (Å²) in [7, 11) is 1.46. The fourth-order valence-corrected chi connectivity index (χ4v) is 4.20. The number of hydrogen-bond donors (Lipinski definition) is 1. The van der Waals surface area contributed by atoms with Gasteiger partial charge in [0.1, 0.15) is 0 Å². The van der Waals surface area contributed by atoms with Crippen LogP contribution < -0.4 is 10.2 Å². The molecule has 0 amide bonds. The Balaban J connectivity index is 1.42. The highest BCUT2D eigenvalue weighted by molar-refractivity contribution is 5.71. The standard InChI is InChI=1S/C21H33N3O2/c1-16-5-4-6-20(17(16)2)24-13-9-19(10-14-24)22-18-7-11-23(12-8-18)15-21(25)26-3/h4-6,18-19,22H,7-15H2,1-3H3. The van der Waals surface area contributed by atoms with Gasteiger partial charge in [0.15, 0.2) is 0 Å². The lowest BCUT2D eigenvalue weighted by Gasteiger charge is -2.38. The van der Waals surface area contributed by atoms with Crippen molar-refractivity contribution in [1.29, 1.82) is 0 Å². The molecule has 3 rings (SSSR count). The maximum Gasteiger partial charge on any atom is 0.319 e. The predicted octanol–water partition coefficient (Wildman–Crippen LogP) is 2.50. The van der Waals surface area contributed by atoms with Crippen LogP contribution in [0.4, 0.5) is 5.69 Å². The van der Waals surface area contributed by atoms with Crippen molar-refractivity contribution in [2.45, 2.75) is 51.6 Å². The van der Waals surface area contributed by atoms with Crippen molar-refractivity contribution < 1.29 is 9.53 Å². The molecule has 5 heteroatoms. The summed E-state index contributed by atoms with van der Waals surface area (Å²) in [6.45, 7) is 9.07. The first-order chi connectivity index (χ1) is 12.6. The Hall–Kier alpha value is -1.59. The minimum Gasteiger partial charge on any atom is -0.468 e. The quantitative estimate of drug-likeness (QED) is 0.819. The lowest BCUT2D eigenvalue weighted by molar-refractivity contribution is -0.142. The topological polar surface area (TPSA) is 44.8 Å². The lowest BCUT2D eigenvalue weighted by Crippen LogP contribution is -2.50. The largest absolute Gasteiger partial charge is 0.468 e. The summed E-state index contributed by atoms with van der Waals surface area (Å²) in [5.41, 5.74) is 4.19. The van der Waals surface area contributed by atoms with Gasteiger partial charge in [0.05, 0.1) is 13.7 Å². The first-order valence-electron chi connectivity index (χ1n) is 9.93. The molecule has 2 fully saturated rings. The van der Waals surface area contributed by atoms with Crippen molar-refractivity contribution in [3.05, 3.63) is 29.3 Å². The number of hydrogen-bond acceptors (Lipinski definition) is 5. The molecule has 2 aliphatic heterocycles. The molecule has 0 unspecified atom stereocenters. The Morgan fingerprint density at radius 2 is 1.69 bits per heavy atom. The summed E-state index contributed by atoms with van der Waals surface area (Å²) in [5.74, 6) is -0.129. The highest BCUT2D eigenvalue weighted by Crippen LogP contribution is 2.26. The van der Waals surface area contributed by atoms with E-state index in [1.54, 1.807) is 0 Å². The maximum atomic E-state index is 11.4. The molecule has 1 N–H and O–H groups in total. The molecule has 2 saturated heterocycles. The number of carbonyl (C=O) groups excluding carboxylic acids is 1. The minimum absolute atomic E-state index is 0.129. The van der Waals surface area contributed by atoms with E-state index in [9.17, 15) is 4.79 Å². The number of nitrogens with zero attached hydrogens (tertiary/aromatic N) is 2. The van der Waals surface area contributed by atoms with E-state index < -0.39 is 0 Å². The highest BCUT2D eigenvalue weighted by atomic mass is 16.5. The van der Waals surface area contributed by atoms with Crippen LogP contribution in [0.3, 0.4) is 0 Å². The number of methoxy groups -OCH3 is 1. The third-order valence-electron chi connectivity index (χ3n) is 6.05. The lowest BCUT2D eigenvalue weighted by atomic mass is 9.98. The fourth-order valence-electron chi connectivity index (χ4n) is 4.20. The van der Waals surface area contributed by atoms with Gasteiger partial charge in [0, 0.05) is 44.0 Å². The molecule has 1 aromatic rings. The van der Waals surface area contributed by atoms with Crippen LogP contribution in [0.25, 0.3) is 0 Å². The number of likely N-dealkylation sites (tertiary alicyclic amines) is 1. The Morgan fingerprint density at radius 3 is 2.31 bits per heavy atom. The fraction of sp³-hybridized carbons (Fsp3) is 0.667. The Bertz CT molecular complexity index is 603. The van der Waals surface area contributed by atoms with Gasteiger partial charge in [-0.1, -0.05) is 12.1 Å². The molecule has 5 nitrogen and oxygen atoms in total. The van der Waals surface area contributed by atoms with E-state index in [1.807, 2.05) is 0 Å². The van der Waals surface area contributed by atoms with E-state index in [-0.39, 0.29) is 5.97 Å². The van der Waals surface area contributed by atoms with E-state index in [0.717, 1.165) is 39.0 Å². The van der Waals surface area contributed by atoms with Crippen LogP contribution in [0.5, 0.6) is 0 Å². The second-order valence-electron chi connectivity index (χ2n) is 7.77. The van der Waals surface area contributed by atoms with Crippen molar-refractivity contribution in [2.75, 3.05) is 44.7 Å². The van der Waals surface area contributed by atoms with Crippen LogP contribution >= 0.6 is 0 Å². The minimum atomic E-state index is -0.129. The van der Waals surface area contributed by atoms with E-state index in [4.69, 9.17) is 4.74 Å². The summed E-state index contributed by atoms with van der Waals surface area (Å²) < 4.78 is 4.76. The van der Waals surface area contributed by atoms with Crippen molar-refractivity contribution in [3.8, 4) is 0 Å². The predicted molar refractivity (Wildman–Crippen MR) is 106 cm³/mol. The van der Waals surface area contributed by atoms with Gasteiger partial charge in [-0.25, -0.2) is 0 Å².